The van der Waals surface area contributed by atoms with E-state index in [9.17, 15) is 13.6 Å². The van der Waals surface area contributed by atoms with Gasteiger partial charge in [-0.25, -0.2) is 8.78 Å². The zero-order valence-electron chi connectivity index (χ0n) is 15.7. The molecule has 0 bridgehead atoms. The molecule has 3 rings (SSSR count). The molecule has 9 heteroatoms. The second-order valence-corrected chi connectivity index (χ2v) is 6.86. The van der Waals surface area contributed by atoms with Crippen molar-refractivity contribution in [2.75, 3.05) is 11.9 Å². The van der Waals surface area contributed by atoms with E-state index < -0.39 is 23.6 Å². The minimum Gasteiger partial charge on any atom is -0.360 e. The van der Waals surface area contributed by atoms with E-state index in [4.69, 9.17) is 16.7 Å². The van der Waals surface area contributed by atoms with E-state index in [0.29, 0.717) is 23.1 Å². The van der Waals surface area contributed by atoms with Gasteiger partial charge in [0.15, 0.2) is 10.9 Å². The first-order valence-electron chi connectivity index (χ1n) is 8.80. The molecule has 1 aromatic carbocycles. The molecule has 0 radical (unpaired) electrons. The van der Waals surface area contributed by atoms with Crippen molar-refractivity contribution >= 4 is 29.1 Å². The molecule has 6 nitrogen and oxygen atoms in total. The fourth-order valence-corrected chi connectivity index (χ4v) is 3.49. The van der Waals surface area contributed by atoms with Crippen molar-refractivity contribution in [3.63, 3.8) is 0 Å². The highest BCUT2D eigenvalue weighted by Crippen LogP contribution is 2.33. The molecule has 148 valence electrons. The molecule has 0 fully saturated rings. The summed E-state index contributed by atoms with van der Waals surface area (Å²) in [6.45, 7) is 6.03. The number of carbonyl (C=O) groups is 1. The van der Waals surface area contributed by atoms with Crippen LogP contribution >= 0.6 is 12.2 Å². The van der Waals surface area contributed by atoms with Gasteiger partial charge in [0.2, 0.25) is 0 Å². The summed E-state index contributed by atoms with van der Waals surface area (Å²) in [5, 5.41) is 9.81. The first kappa shape index (κ1) is 19.9. The highest BCUT2D eigenvalue weighted by atomic mass is 32.1. The lowest BCUT2D eigenvalue weighted by atomic mass is 9.93. The summed E-state index contributed by atoms with van der Waals surface area (Å²) in [6.07, 6.45) is 0.798. The Bertz CT molecular complexity index is 957. The third kappa shape index (κ3) is 3.89. The molecule has 1 atom stereocenters. The number of hydrogen-bond acceptors (Lipinski definition) is 4. The third-order valence-corrected chi connectivity index (χ3v) is 4.77. The summed E-state index contributed by atoms with van der Waals surface area (Å²) < 4.78 is 32.8. The van der Waals surface area contributed by atoms with Gasteiger partial charge in [-0.2, -0.15) is 0 Å². The van der Waals surface area contributed by atoms with Crippen LogP contribution in [0.4, 0.5) is 14.6 Å². The van der Waals surface area contributed by atoms with Crippen LogP contribution in [0.3, 0.4) is 0 Å². The number of amides is 1. The SMILES string of the molecule is CCCN1C(=S)NC(c2ccc(F)cc2F)C(C(=O)Nc2cc(C)on2)=C1C. The minimum absolute atomic E-state index is 0.126. The van der Waals surface area contributed by atoms with Crippen molar-refractivity contribution in [3.05, 3.63) is 58.5 Å². The summed E-state index contributed by atoms with van der Waals surface area (Å²) in [4.78, 5) is 14.8. The van der Waals surface area contributed by atoms with E-state index in [0.717, 1.165) is 18.6 Å². The smallest absolute Gasteiger partial charge is 0.257 e. The molecule has 0 spiro atoms. The number of rotatable bonds is 5. The van der Waals surface area contributed by atoms with Gasteiger partial charge >= 0.3 is 0 Å². The number of hydrogen-bond donors (Lipinski definition) is 2. The summed E-state index contributed by atoms with van der Waals surface area (Å²) >= 11 is 5.41. The van der Waals surface area contributed by atoms with Crippen LogP contribution < -0.4 is 10.6 Å². The number of aromatic nitrogens is 1. The Labute approximate surface area is 166 Å². The molecule has 1 aliphatic rings. The number of nitrogens with one attached hydrogen (secondary N) is 2. The topological polar surface area (TPSA) is 70.4 Å². The van der Waals surface area contributed by atoms with Crippen LogP contribution in [0.1, 0.15) is 37.6 Å². The molecule has 2 aromatic rings. The van der Waals surface area contributed by atoms with Gasteiger partial charge in [0, 0.05) is 29.9 Å². The number of anilines is 1. The summed E-state index contributed by atoms with van der Waals surface area (Å²) in [5.41, 5.74) is 0.992. The fourth-order valence-electron chi connectivity index (χ4n) is 3.15. The predicted octanol–water partition coefficient (Wildman–Crippen LogP) is 3.82. The Morgan fingerprint density at radius 3 is 2.71 bits per heavy atom. The zero-order valence-corrected chi connectivity index (χ0v) is 16.5. The number of allylic oxidation sites excluding steroid dienone is 1. The maximum absolute atomic E-state index is 14.5. The van der Waals surface area contributed by atoms with Crippen molar-refractivity contribution < 1.29 is 18.1 Å². The van der Waals surface area contributed by atoms with Gasteiger partial charge in [0.1, 0.15) is 17.4 Å². The molecule has 0 saturated heterocycles. The van der Waals surface area contributed by atoms with Crippen LogP contribution in [0.25, 0.3) is 0 Å². The van der Waals surface area contributed by atoms with E-state index in [1.807, 2.05) is 6.92 Å². The molecule has 2 heterocycles. The van der Waals surface area contributed by atoms with Gasteiger partial charge < -0.3 is 20.1 Å². The second kappa shape index (κ2) is 8.05. The summed E-state index contributed by atoms with van der Waals surface area (Å²) in [6, 6.07) is 3.94. The molecule has 28 heavy (non-hydrogen) atoms. The number of benzene rings is 1. The Hall–Kier alpha value is -2.81. The summed E-state index contributed by atoms with van der Waals surface area (Å²) in [5.74, 6) is -1.15. The van der Waals surface area contributed by atoms with Crippen molar-refractivity contribution in [2.24, 2.45) is 0 Å². The van der Waals surface area contributed by atoms with E-state index in [-0.39, 0.29) is 17.0 Å². The Morgan fingerprint density at radius 2 is 2.11 bits per heavy atom. The van der Waals surface area contributed by atoms with E-state index in [2.05, 4.69) is 15.8 Å². The Kier molecular flexibility index (Phi) is 5.73. The van der Waals surface area contributed by atoms with Crippen molar-refractivity contribution in [1.29, 1.82) is 0 Å². The molecule has 1 amide bonds. The normalized spacial score (nSPS) is 17.0. The van der Waals surface area contributed by atoms with Gasteiger partial charge in [-0.1, -0.05) is 18.1 Å². The van der Waals surface area contributed by atoms with Crippen LogP contribution in [0.2, 0.25) is 0 Å². The quantitative estimate of drug-likeness (QED) is 0.736. The van der Waals surface area contributed by atoms with Crippen LogP contribution in [0.15, 0.2) is 40.1 Å². The van der Waals surface area contributed by atoms with E-state index in [1.165, 1.54) is 6.07 Å². The molecule has 0 aliphatic carbocycles. The fraction of sp³-hybridized carbons (Fsp3) is 0.316. The highest BCUT2D eigenvalue weighted by Gasteiger charge is 2.35. The second-order valence-electron chi connectivity index (χ2n) is 6.48. The van der Waals surface area contributed by atoms with Crippen LogP contribution in [-0.4, -0.2) is 27.6 Å². The van der Waals surface area contributed by atoms with Gasteiger partial charge in [-0.15, -0.1) is 0 Å². The Balaban J connectivity index is 2.06. The van der Waals surface area contributed by atoms with Crippen LogP contribution in [0, 0.1) is 18.6 Å². The Morgan fingerprint density at radius 1 is 1.36 bits per heavy atom. The molecular formula is C19H20F2N4O2S. The average molecular weight is 406 g/mol. The predicted molar refractivity (Wildman–Crippen MR) is 104 cm³/mol. The number of thiocarbonyl (C=S) groups is 1. The molecule has 1 aliphatic heterocycles. The van der Waals surface area contributed by atoms with Gasteiger partial charge in [-0.3, -0.25) is 4.79 Å². The van der Waals surface area contributed by atoms with Gasteiger partial charge in [0.05, 0.1) is 11.6 Å². The van der Waals surface area contributed by atoms with Crippen LogP contribution in [0.5, 0.6) is 0 Å². The number of nitrogens with zero attached hydrogens (tertiary/aromatic N) is 2. The van der Waals surface area contributed by atoms with Crippen LogP contribution in [-0.2, 0) is 4.79 Å². The van der Waals surface area contributed by atoms with E-state index in [1.54, 1.807) is 24.8 Å². The molecule has 0 saturated carbocycles. The summed E-state index contributed by atoms with van der Waals surface area (Å²) in [7, 11) is 0. The first-order valence-corrected chi connectivity index (χ1v) is 9.21. The monoisotopic (exact) mass is 406 g/mol. The number of carbonyl (C=O) groups excluding carboxylic acids is 1. The third-order valence-electron chi connectivity index (χ3n) is 4.43. The maximum atomic E-state index is 14.5. The molecular weight excluding hydrogens is 386 g/mol. The van der Waals surface area contributed by atoms with E-state index >= 15 is 0 Å². The lowest BCUT2D eigenvalue weighted by Crippen LogP contribution is -2.48. The van der Waals surface area contributed by atoms with Gasteiger partial charge in [-0.05, 0) is 38.6 Å². The standard InChI is InChI=1S/C19H20F2N4O2S/c1-4-7-25-11(3)16(18(26)22-15-8-10(2)27-24-15)17(23-19(25)28)13-6-5-12(20)9-14(13)21/h5-6,8-9,17H,4,7H2,1-3H3,(H,23,28)(H,22,24,26). The van der Waals surface area contributed by atoms with Crippen molar-refractivity contribution in [2.45, 2.75) is 33.2 Å². The molecule has 1 unspecified atom stereocenters. The lowest BCUT2D eigenvalue weighted by molar-refractivity contribution is -0.113. The molecule has 1 aromatic heterocycles. The number of aryl methyl sites for hydroxylation is 1. The van der Waals surface area contributed by atoms with Gasteiger partial charge in [0.25, 0.3) is 5.91 Å². The maximum Gasteiger partial charge on any atom is 0.257 e. The lowest BCUT2D eigenvalue weighted by Gasteiger charge is -2.37. The molecule has 2 N–H and O–H groups in total. The minimum atomic E-state index is -0.866. The zero-order chi connectivity index (χ0) is 20.4. The van der Waals surface area contributed by atoms with Crippen molar-refractivity contribution in [3.8, 4) is 0 Å². The highest BCUT2D eigenvalue weighted by molar-refractivity contribution is 7.80. The average Bonchev–Trinajstić information content (AvgIpc) is 3.02. The van der Waals surface area contributed by atoms with Crippen molar-refractivity contribution in [1.82, 2.24) is 15.4 Å². The number of halogens is 2. The largest absolute Gasteiger partial charge is 0.360 e. The first-order chi connectivity index (χ1) is 13.3.